The number of likely N-dealkylation sites (N-methyl/N-ethyl adjacent to an activating group) is 1. The first-order valence-corrected chi connectivity index (χ1v) is 9.22. The zero-order valence-corrected chi connectivity index (χ0v) is 15.2. The minimum absolute atomic E-state index is 0.0572. The van der Waals surface area contributed by atoms with E-state index in [4.69, 9.17) is 9.15 Å². The smallest absolute Gasteiger partial charge is 0.273 e. The lowest BCUT2D eigenvalue weighted by Crippen LogP contribution is -2.50. The average Bonchev–Trinajstić information content (AvgIpc) is 3.22. The van der Waals surface area contributed by atoms with E-state index in [1.165, 1.54) is 6.39 Å². The summed E-state index contributed by atoms with van der Waals surface area (Å²) in [6.07, 6.45) is 7.02. The highest BCUT2D eigenvalue weighted by atomic mass is 16.5. The third kappa shape index (κ3) is 3.26. The Bertz CT molecular complexity index is 766. The summed E-state index contributed by atoms with van der Waals surface area (Å²) < 4.78 is 13.4. The Balaban J connectivity index is 1.47. The number of morpholine rings is 1. The molecule has 2 aliphatic rings. The largest absolute Gasteiger partial charge is 0.447 e. The Morgan fingerprint density at radius 2 is 2.27 bits per heavy atom. The molecule has 0 spiro atoms. The summed E-state index contributed by atoms with van der Waals surface area (Å²) in [6, 6.07) is 0.0572. The number of hydrogen-bond donors (Lipinski definition) is 1. The van der Waals surface area contributed by atoms with E-state index in [1.54, 1.807) is 6.33 Å². The van der Waals surface area contributed by atoms with Gasteiger partial charge in [0.15, 0.2) is 12.1 Å². The molecule has 0 unspecified atom stereocenters. The van der Waals surface area contributed by atoms with Gasteiger partial charge in [0, 0.05) is 32.3 Å². The quantitative estimate of drug-likeness (QED) is 0.841. The second kappa shape index (κ2) is 7.20. The van der Waals surface area contributed by atoms with Crippen molar-refractivity contribution in [2.24, 2.45) is 7.05 Å². The molecule has 1 aliphatic heterocycles. The van der Waals surface area contributed by atoms with E-state index < -0.39 is 0 Å². The first kappa shape index (κ1) is 17.2. The normalized spacial score (nSPS) is 23.9. The summed E-state index contributed by atoms with van der Waals surface area (Å²) in [7, 11) is 1.98. The van der Waals surface area contributed by atoms with Crippen molar-refractivity contribution in [2.75, 3.05) is 26.2 Å². The van der Waals surface area contributed by atoms with Gasteiger partial charge < -0.3 is 19.0 Å². The third-order valence-corrected chi connectivity index (χ3v) is 5.24. The number of amides is 1. The lowest BCUT2D eigenvalue weighted by Gasteiger charge is -2.40. The number of aryl methyl sites for hydroxylation is 1. The van der Waals surface area contributed by atoms with Crippen molar-refractivity contribution >= 4 is 5.91 Å². The van der Waals surface area contributed by atoms with Gasteiger partial charge in [-0.15, -0.1) is 0 Å². The maximum absolute atomic E-state index is 12.6. The van der Waals surface area contributed by atoms with Crippen LogP contribution in [0.25, 0.3) is 0 Å². The monoisotopic (exact) mass is 359 g/mol. The number of imidazole rings is 1. The Morgan fingerprint density at radius 3 is 2.96 bits per heavy atom. The predicted octanol–water partition coefficient (Wildman–Crippen LogP) is 1.48. The molecule has 0 aromatic carbocycles. The van der Waals surface area contributed by atoms with Crippen LogP contribution in [0.1, 0.15) is 53.7 Å². The molecular formula is C18H25N5O3. The van der Waals surface area contributed by atoms with Crippen molar-refractivity contribution in [1.29, 1.82) is 0 Å². The number of carbonyl (C=O) groups excluding carboxylic acids is 1. The molecule has 2 fully saturated rings. The molecule has 0 bridgehead atoms. The van der Waals surface area contributed by atoms with Crippen LogP contribution >= 0.6 is 0 Å². The predicted molar refractivity (Wildman–Crippen MR) is 93.7 cm³/mol. The molecule has 2 aromatic rings. The summed E-state index contributed by atoms with van der Waals surface area (Å²) in [5.74, 6) is 0.869. The average molecular weight is 359 g/mol. The molecule has 2 atom stereocenters. The molecule has 2 aromatic heterocycles. The third-order valence-electron chi connectivity index (χ3n) is 5.24. The molecule has 4 rings (SSSR count). The molecular weight excluding hydrogens is 334 g/mol. The molecule has 0 radical (unpaired) electrons. The molecule has 8 nitrogen and oxygen atoms in total. The van der Waals surface area contributed by atoms with Gasteiger partial charge in [-0.3, -0.25) is 9.69 Å². The number of hydrogen-bond acceptors (Lipinski definition) is 6. The fourth-order valence-corrected chi connectivity index (χ4v) is 3.68. The van der Waals surface area contributed by atoms with Gasteiger partial charge in [0.25, 0.3) is 5.91 Å². The summed E-state index contributed by atoms with van der Waals surface area (Å²) in [5, 5.41) is 2.99. The maximum Gasteiger partial charge on any atom is 0.273 e. The lowest BCUT2D eigenvalue weighted by atomic mass is 10.0. The van der Waals surface area contributed by atoms with Crippen molar-refractivity contribution in [3.63, 3.8) is 0 Å². The summed E-state index contributed by atoms with van der Waals surface area (Å²) >= 11 is 0. The standard InChI is InChI=1S/C18H25N5O3/c1-3-23-6-7-25-14(16(23)13-8-19-10-22(13)2)9-20-18(24)15-17(12-4-5-12)26-11-21-15/h8,10-12,14,16H,3-7,9H2,1-2H3,(H,20,24)/t14-,16-/m0/s1. The number of ether oxygens (including phenoxy) is 1. The van der Waals surface area contributed by atoms with Crippen LogP contribution in [0.2, 0.25) is 0 Å². The number of nitrogens with zero attached hydrogens (tertiary/aromatic N) is 4. The second-order valence-electron chi connectivity index (χ2n) is 6.96. The van der Waals surface area contributed by atoms with Crippen LogP contribution in [-0.2, 0) is 11.8 Å². The fraction of sp³-hybridized carbons (Fsp3) is 0.611. The zero-order valence-electron chi connectivity index (χ0n) is 15.2. The summed E-state index contributed by atoms with van der Waals surface area (Å²) in [6.45, 7) is 4.99. The van der Waals surface area contributed by atoms with Crippen LogP contribution in [-0.4, -0.2) is 57.7 Å². The number of nitrogens with one attached hydrogen (secondary N) is 1. The number of carbonyl (C=O) groups is 1. The lowest BCUT2D eigenvalue weighted by molar-refractivity contribution is -0.0706. The van der Waals surface area contributed by atoms with E-state index in [1.807, 2.05) is 17.8 Å². The van der Waals surface area contributed by atoms with Crippen molar-refractivity contribution in [1.82, 2.24) is 24.8 Å². The molecule has 3 heterocycles. The van der Waals surface area contributed by atoms with E-state index >= 15 is 0 Å². The highest BCUT2D eigenvalue weighted by molar-refractivity contribution is 5.93. The SMILES string of the molecule is CCN1CCO[C@@H](CNC(=O)c2ncoc2C2CC2)[C@@H]1c1cncn1C. The first-order chi connectivity index (χ1) is 12.7. The second-order valence-corrected chi connectivity index (χ2v) is 6.96. The van der Waals surface area contributed by atoms with Gasteiger partial charge in [0.1, 0.15) is 5.76 Å². The molecule has 26 heavy (non-hydrogen) atoms. The van der Waals surface area contributed by atoms with Gasteiger partial charge in [-0.25, -0.2) is 9.97 Å². The number of rotatable bonds is 6. The van der Waals surface area contributed by atoms with Crippen molar-refractivity contribution in [3.05, 3.63) is 36.1 Å². The van der Waals surface area contributed by atoms with Gasteiger partial charge in [0.05, 0.1) is 30.8 Å². The first-order valence-electron chi connectivity index (χ1n) is 9.22. The Kier molecular flexibility index (Phi) is 4.78. The Labute approximate surface area is 152 Å². The Morgan fingerprint density at radius 1 is 1.42 bits per heavy atom. The van der Waals surface area contributed by atoms with E-state index in [-0.39, 0.29) is 18.1 Å². The van der Waals surface area contributed by atoms with Crippen LogP contribution in [0.15, 0.2) is 23.3 Å². The van der Waals surface area contributed by atoms with Crippen LogP contribution in [0, 0.1) is 0 Å². The highest BCUT2D eigenvalue weighted by Gasteiger charge is 2.36. The zero-order chi connectivity index (χ0) is 18.1. The van der Waals surface area contributed by atoms with Crippen LogP contribution in [0.5, 0.6) is 0 Å². The van der Waals surface area contributed by atoms with Gasteiger partial charge >= 0.3 is 0 Å². The molecule has 8 heteroatoms. The van der Waals surface area contributed by atoms with Crippen molar-refractivity contribution in [3.8, 4) is 0 Å². The fourth-order valence-electron chi connectivity index (χ4n) is 3.68. The van der Waals surface area contributed by atoms with Crippen LogP contribution in [0.4, 0.5) is 0 Å². The van der Waals surface area contributed by atoms with Gasteiger partial charge in [0.2, 0.25) is 0 Å². The highest BCUT2D eigenvalue weighted by Crippen LogP contribution is 2.41. The maximum atomic E-state index is 12.6. The van der Waals surface area contributed by atoms with E-state index in [9.17, 15) is 4.79 Å². The summed E-state index contributed by atoms with van der Waals surface area (Å²) in [5.41, 5.74) is 1.50. The van der Waals surface area contributed by atoms with Gasteiger partial charge in [-0.2, -0.15) is 0 Å². The van der Waals surface area contributed by atoms with E-state index in [0.717, 1.165) is 31.6 Å². The molecule has 1 aliphatic carbocycles. The molecule has 1 saturated carbocycles. The molecule has 1 N–H and O–H groups in total. The van der Waals surface area contributed by atoms with Gasteiger partial charge in [-0.1, -0.05) is 6.92 Å². The topological polar surface area (TPSA) is 85.4 Å². The summed E-state index contributed by atoms with van der Waals surface area (Å²) in [4.78, 5) is 23.3. The van der Waals surface area contributed by atoms with Gasteiger partial charge in [-0.05, 0) is 19.4 Å². The number of oxazole rings is 1. The number of aromatic nitrogens is 3. The molecule has 140 valence electrons. The molecule has 1 amide bonds. The van der Waals surface area contributed by atoms with Crippen molar-refractivity contribution in [2.45, 2.75) is 37.8 Å². The Hall–Kier alpha value is -2.19. The minimum atomic E-state index is -0.193. The minimum Gasteiger partial charge on any atom is -0.447 e. The van der Waals surface area contributed by atoms with E-state index in [0.29, 0.717) is 30.5 Å². The van der Waals surface area contributed by atoms with Crippen molar-refractivity contribution < 1.29 is 13.9 Å². The molecule has 1 saturated heterocycles. The van der Waals surface area contributed by atoms with Crippen LogP contribution in [0.3, 0.4) is 0 Å². The van der Waals surface area contributed by atoms with E-state index in [2.05, 4.69) is 27.1 Å². The van der Waals surface area contributed by atoms with Crippen LogP contribution < -0.4 is 5.32 Å².